The van der Waals surface area contributed by atoms with E-state index in [9.17, 15) is 9.59 Å². The highest BCUT2D eigenvalue weighted by atomic mass is 16.6. The molecule has 6 heteroatoms. The molecule has 27 heavy (non-hydrogen) atoms. The molecule has 1 aromatic rings. The summed E-state index contributed by atoms with van der Waals surface area (Å²) in [4.78, 5) is 28.6. The molecule has 1 saturated heterocycles. The monoisotopic (exact) mass is 375 g/mol. The van der Waals surface area contributed by atoms with Crippen LogP contribution in [-0.4, -0.2) is 55.2 Å². The van der Waals surface area contributed by atoms with Gasteiger partial charge in [0.15, 0.2) is 0 Å². The van der Waals surface area contributed by atoms with E-state index in [1.807, 2.05) is 52.1 Å². The Morgan fingerprint density at radius 2 is 2.04 bits per heavy atom. The van der Waals surface area contributed by atoms with Crippen LogP contribution in [-0.2, 0) is 4.74 Å². The van der Waals surface area contributed by atoms with Gasteiger partial charge in [0.05, 0.1) is 0 Å². The fraction of sp³-hybridized carbons (Fsp3) is 0.619. The summed E-state index contributed by atoms with van der Waals surface area (Å²) in [6.07, 6.45) is 0.411. The quantitative estimate of drug-likeness (QED) is 0.855. The van der Waals surface area contributed by atoms with E-state index >= 15 is 0 Å². The van der Waals surface area contributed by atoms with Gasteiger partial charge in [-0.3, -0.25) is 4.79 Å². The van der Waals surface area contributed by atoms with Crippen LogP contribution in [0.1, 0.15) is 51.4 Å². The van der Waals surface area contributed by atoms with Gasteiger partial charge in [0.2, 0.25) is 0 Å². The minimum atomic E-state index is -0.513. The molecule has 0 radical (unpaired) electrons. The van der Waals surface area contributed by atoms with E-state index in [1.165, 1.54) is 0 Å². The third-order valence-corrected chi connectivity index (χ3v) is 4.36. The molecule has 1 heterocycles. The standard InChI is InChI=1S/C21H33N3O3/c1-15(2)13-23(6)18-9-7-8-16(12-18)19(25)22-17-10-11-24(14-17)20(26)27-21(3,4)5/h7-9,12,15,17H,10-11,13-14H2,1-6H3,(H,22,25). The van der Waals surface area contributed by atoms with Gasteiger partial charge in [0.25, 0.3) is 5.91 Å². The number of carbonyl (C=O) groups excluding carboxylic acids is 2. The molecule has 2 rings (SSSR count). The Bertz CT molecular complexity index is 667. The predicted octanol–water partition coefficient (Wildman–Crippen LogP) is 3.52. The van der Waals surface area contributed by atoms with Crippen molar-refractivity contribution >= 4 is 17.7 Å². The summed E-state index contributed by atoms with van der Waals surface area (Å²) in [6, 6.07) is 7.60. The first-order valence-electron chi connectivity index (χ1n) is 9.65. The second kappa shape index (κ2) is 8.63. The predicted molar refractivity (Wildman–Crippen MR) is 108 cm³/mol. The lowest BCUT2D eigenvalue weighted by molar-refractivity contribution is 0.0290. The normalized spacial score (nSPS) is 17.1. The third-order valence-electron chi connectivity index (χ3n) is 4.36. The van der Waals surface area contributed by atoms with E-state index in [0.29, 0.717) is 24.6 Å². The molecular formula is C21H33N3O3. The van der Waals surface area contributed by atoms with Crippen molar-refractivity contribution in [1.29, 1.82) is 0 Å². The molecule has 0 spiro atoms. The molecule has 1 fully saturated rings. The highest BCUT2D eigenvalue weighted by Crippen LogP contribution is 2.18. The van der Waals surface area contributed by atoms with Crippen LogP contribution < -0.4 is 10.2 Å². The molecule has 1 N–H and O–H groups in total. The van der Waals surface area contributed by atoms with Gasteiger partial charge in [0, 0.05) is 44.0 Å². The topological polar surface area (TPSA) is 61.9 Å². The van der Waals surface area contributed by atoms with Gasteiger partial charge < -0.3 is 19.9 Å². The molecule has 1 aliphatic rings. The molecule has 0 aromatic heterocycles. The Morgan fingerprint density at radius 3 is 2.67 bits per heavy atom. The number of nitrogens with zero attached hydrogens (tertiary/aromatic N) is 2. The highest BCUT2D eigenvalue weighted by molar-refractivity contribution is 5.95. The molecular weight excluding hydrogens is 342 g/mol. The number of amides is 2. The zero-order valence-electron chi connectivity index (χ0n) is 17.4. The zero-order chi connectivity index (χ0) is 20.2. The summed E-state index contributed by atoms with van der Waals surface area (Å²) >= 11 is 0. The van der Waals surface area contributed by atoms with Crippen molar-refractivity contribution in [3.63, 3.8) is 0 Å². The van der Waals surface area contributed by atoms with Gasteiger partial charge in [-0.2, -0.15) is 0 Å². The maximum Gasteiger partial charge on any atom is 0.410 e. The lowest BCUT2D eigenvalue weighted by Gasteiger charge is -2.24. The number of ether oxygens (including phenoxy) is 1. The van der Waals surface area contributed by atoms with E-state index in [-0.39, 0.29) is 18.0 Å². The fourth-order valence-corrected chi connectivity index (χ4v) is 3.18. The minimum Gasteiger partial charge on any atom is -0.444 e. The number of likely N-dealkylation sites (tertiary alicyclic amines) is 1. The Kier molecular flexibility index (Phi) is 6.73. The Labute approximate surface area is 162 Å². The van der Waals surface area contributed by atoms with E-state index in [0.717, 1.165) is 18.7 Å². The summed E-state index contributed by atoms with van der Waals surface area (Å²) in [5.74, 6) is 0.440. The summed E-state index contributed by atoms with van der Waals surface area (Å²) in [5.41, 5.74) is 1.15. The van der Waals surface area contributed by atoms with Crippen molar-refractivity contribution in [2.24, 2.45) is 5.92 Å². The maximum atomic E-state index is 12.6. The second-order valence-corrected chi connectivity index (χ2v) is 8.71. The van der Waals surface area contributed by atoms with Gasteiger partial charge in [0.1, 0.15) is 5.60 Å². The number of benzene rings is 1. The third kappa shape index (κ3) is 6.45. The van der Waals surface area contributed by atoms with Crippen molar-refractivity contribution in [1.82, 2.24) is 10.2 Å². The van der Waals surface area contributed by atoms with Gasteiger partial charge in [-0.05, 0) is 51.3 Å². The minimum absolute atomic E-state index is 0.0536. The van der Waals surface area contributed by atoms with Crippen LogP contribution in [0.2, 0.25) is 0 Å². The average molecular weight is 376 g/mol. The number of carbonyl (C=O) groups is 2. The molecule has 6 nitrogen and oxygen atoms in total. The summed E-state index contributed by atoms with van der Waals surface area (Å²) in [5, 5.41) is 3.04. The Hall–Kier alpha value is -2.24. The first-order chi connectivity index (χ1) is 12.5. The maximum absolute atomic E-state index is 12.6. The molecule has 0 saturated carbocycles. The van der Waals surface area contributed by atoms with Crippen molar-refractivity contribution in [3.8, 4) is 0 Å². The summed E-state index contributed by atoms with van der Waals surface area (Å²) in [7, 11) is 2.03. The molecule has 150 valence electrons. The van der Waals surface area contributed by atoms with Crippen LogP contribution in [0.25, 0.3) is 0 Å². The summed E-state index contributed by atoms with van der Waals surface area (Å²) < 4.78 is 5.40. The van der Waals surface area contributed by atoms with Crippen LogP contribution in [0.3, 0.4) is 0 Å². The largest absolute Gasteiger partial charge is 0.444 e. The molecule has 1 aliphatic heterocycles. The molecule has 0 aliphatic carbocycles. The Balaban J connectivity index is 1.93. The highest BCUT2D eigenvalue weighted by Gasteiger charge is 2.30. The number of anilines is 1. The Morgan fingerprint density at radius 1 is 1.33 bits per heavy atom. The number of hydrogen-bond acceptors (Lipinski definition) is 4. The van der Waals surface area contributed by atoms with Gasteiger partial charge in [-0.25, -0.2) is 4.79 Å². The SMILES string of the molecule is CC(C)CN(C)c1cccc(C(=O)NC2CCN(C(=O)OC(C)(C)C)C2)c1. The first-order valence-corrected chi connectivity index (χ1v) is 9.65. The molecule has 0 bridgehead atoms. The first kappa shape index (κ1) is 21.1. The molecule has 1 aromatic carbocycles. The lowest BCUT2D eigenvalue weighted by atomic mass is 10.1. The van der Waals surface area contributed by atoms with Crippen LogP contribution >= 0.6 is 0 Å². The zero-order valence-corrected chi connectivity index (χ0v) is 17.4. The average Bonchev–Trinajstić information content (AvgIpc) is 3.01. The fourth-order valence-electron chi connectivity index (χ4n) is 3.18. The van der Waals surface area contributed by atoms with Crippen LogP contribution in [0.4, 0.5) is 10.5 Å². The smallest absolute Gasteiger partial charge is 0.410 e. The molecule has 1 atom stereocenters. The van der Waals surface area contributed by atoms with Crippen LogP contribution in [0.15, 0.2) is 24.3 Å². The van der Waals surface area contributed by atoms with Crippen molar-refractivity contribution in [2.75, 3.05) is 31.6 Å². The second-order valence-electron chi connectivity index (χ2n) is 8.71. The van der Waals surface area contributed by atoms with E-state index in [4.69, 9.17) is 4.74 Å². The molecule has 1 unspecified atom stereocenters. The number of rotatable bonds is 5. The summed E-state index contributed by atoms with van der Waals surface area (Å²) in [6.45, 7) is 11.9. The van der Waals surface area contributed by atoms with Crippen molar-refractivity contribution < 1.29 is 14.3 Å². The molecule has 2 amide bonds. The van der Waals surface area contributed by atoms with E-state index < -0.39 is 5.60 Å². The van der Waals surface area contributed by atoms with E-state index in [2.05, 4.69) is 24.1 Å². The van der Waals surface area contributed by atoms with Gasteiger partial charge >= 0.3 is 6.09 Å². The van der Waals surface area contributed by atoms with Gasteiger partial charge in [-0.15, -0.1) is 0 Å². The number of hydrogen-bond donors (Lipinski definition) is 1. The van der Waals surface area contributed by atoms with Gasteiger partial charge in [-0.1, -0.05) is 19.9 Å². The van der Waals surface area contributed by atoms with E-state index in [1.54, 1.807) is 4.90 Å². The van der Waals surface area contributed by atoms with Crippen LogP contribution in [0, 0.1) is 5.92 Å². The number of nitrogens with one attached hydrogen (secondary N) is 1. The lowest BCUT2D eigenvalue weighted by Crippen LogP contribution is -2.40. The van der Waals surface area contributed by atoms with Crippen molar-refractivity contribution in [2.45, 2.75) is 52.7 Å². The van der Waals surface area contributed by atoms with Crippen LogP contribution in [0.5, 0.6) is 0 Å². The van der Waals surface area contributed by atoms with Crippen molar-refractivity contribution in [3.05, 3.63) is 29.8 Å².